The summed E-state index contributed by atoms with van der Waals surface area (Å²) in [6, 6.07) is 7.99. The van der Waals surface area contributed by atoms with Gasteiger partial charge in [0.05, 0.1) is 17.9 Å². The van der Waals surface area contributed by atoms with Crippen molar-refractivity contribution in [1.29, 1.82) is 0 Å². The minimum Gasteiger partial charge on any atom is -0.397 e. The van der Waals surface area contributed by atoms with E-state index in [4.69, 9.17) is 5.73 Å². The number of nitrogens with two attached hydrogens (primary N) is 1. The first-order chi connectivity index (χ1) is 9.20. The Bertz CT molecular complexity index is 429. The van der Waals surface area contributed by atoms with E-state index < -0.39 is 0 Å². The molecule has 1 fully saturated rings. The predicted octanol–water partition coefficient (Wildman–Crippen LogP) is 2.47. The third-order valence-electron chi connectivity index (χ3n) is 3.44. The molecule has 1 amide bonds. The van der Waals surface area contributed by atoms with E-state index in [1.54, 1.807) is 6.07 Å². The first-order valence-corrected chi connectivity index (χ1v) is 7.09. The molecule has 0 heterocycles. The number of anilines is 2. The van der Waals surface area contributed by atoms with E-state index >= 15 is 0 Å². The monoisotopic (exact) mass is 261 g/mol. The number of unbranched alkanes of at least 4 members (excludes halogenated alkanes) is 1. The average Bonchev–Trinajstić information content (AvgIpc) is 3.21. The number of benzene rings is 1. The van der Waals surface area contributed by atoms with Gasteiger partial charge in [0, 0.05) is 6.04 Å². The summed E-state index contributed by atoms with van der Waals surface area (Å²) in [6.45, 7) is 3.66. The molecule has 1 aromatic carbocycles. The Kier molecular flexibility index (Phi) is 4.80. The molecular weight excluding hydrogens is 238 g/mol. The van der Waals surface area contributed by atoms with Crippen LogP contribution in [0.2, 0.25) is 0 Å². The van der Waals surface area contributed by atoms with Gasteiger partial charge >= 0.3 is 0 Å². The quantitative estimate of drug-likeness (QED) is 0.741. The van der Waals surface area contributed by atoms with E-state index in [9.17, 15) is 4.79 Å². The molecule has 0 saturated heterocycles. The van der Waals surface area contributed by atoms with Gasteiger partial charge in [0.15, 0.2) is 0 Å². The zero-order valence-electron chi connectivity index (χ0n) is 11.6. The Morgan fingerprint density at radius 2 is 2.16 bits per heavy atom. The minimum absolute atomic E-state index is 0.0286. The second-order valence-corrected chi connectivity index (χ2v) is 5.19. The molecule has 0 radical (unpaired) electrons. The second-order valence-electron chi connectivity index (χ2n) is 5.19. The number of rotatable bonds is 7. The van der Waals surface area contributed by atoms with E-state index in [0.29, 0.717) is 24.0 Å². The van der Waals surface area contributed by atoms with Crippen LogP contribution in [0.1, 0.15) is 32.6 Å². The van der Waals surface area contributed by atoms with Gasteiger partial charge < -0.3 is 11.1 Å². The molecule has 1 aliphatic carbocycles. The standard InChI is InChI=1S/C15H23N3O/c1-2-3-10-18(12-8-9-12)11-15(19)17-14-7-5-4-6-13(14)16/h4-7,12H,2-3,8-11,16H2,1H3,(H,17,19). The van der Waals surface area contributed by atoms with Gasteiger partial charge in [-0.3, -0.25) is 9.69 Å². The normalized spacial score (nSPS) is 14.6. The molecule has 4 heteroatoms. The van der Waals surface area contributed by atoms with Crippen molar-refractivity contribution in [3.63, 3.8) is 0 Å². The number of hydrogen-bond acceptors (Lipinski definition) is 3. The largest absolute Gasteiger partial charge is 0.397 e. The Morgan fingerprint density at radius 1 is 1.42 bits per heavy atom. The van der Waals surface area contributed by atoms with Crippen LogP contribution in [0.3, 0.4) is 0 Å². The lowest BCUT2D eigenvalue weighted by atomic mass is 10.2. The summed E-state index contributed by atoms with van der Waals surface area (Å²) in [4.78, 5) is 14.4. The molecule has 1 aliphatic rings. The maximum Gasteiger partial charge on any atom is 0.238 e. The van der Waals surface area contributed by atoms with Gasteiger partial charge in [-0.05, 0) is 37.9 Å². The number of nitrogen functional groups attached to an aromatic ring is 1. The lowest BCUT2D eigenvalue weighted by Gasteiger charge is -2.21. The summed E-state index contributed by atoms with van der Waals surface area (Å²) in [5, 5.41) is 2.89. The van der Waals surface area contributed by atoms with Gasteiger partial charge in [-0.15, -0.1) is 0 Å². The molecule has 0 unspecified atom stereocenters. The van der Waals surface area contributed by atoms with E-state index in [-0.39, 0.29) is 5.91 Å². The molecule has 104 valence electrons. The molecule has 0 bridgehead atoms. The molecule has 1 aromatic rings. The topological polar surface area (TPSA) is 58.4 Å². The first-order valence-electron chi connectivity index (χ1n) is 7.09. The molecule has 4 nitrogen and oxygen atoms in total. The summed E-state index contributed by atoms with van der Waals surface area (Å²) in [7, 11) is 0. The lowest BCUT2D eigenvalue weighted by Crippen LogP contribution is -2.35. The maximum atomic E-state index is 12.1. The molecule has 0 aromatic heterocycles. The number of hydrogen-bond donors (Lipinski definition) is 2. The van der Waals surface area contributed by atoms with Gasteiger partial charge in [0.25, 0.3) is 0 Å². The molecule has 2 rings (SSSR count). The zero-order chi connectivity index (χ0) is 13.7. The van der Waals surface area contributed by atoms with Crippen molar-refractivity contribution in [2.75, 3.05) is 24.1 Å². The Hall–Kier alpha value is -1.55. The molecule has 3 N–H and O–H groups in total. The Labute approximate surface area is 115 Å². The highest BCUT2D eigenvalue weighted by Gasteiger charge is 2.29. The summed E-state index contributed by atoms with van der Waals surface area (Å²) in [5.41, 5.74) is 7.14. The van der Waals surface area contributed by atoms with Crippen LogP contribution in [-0.2, 0) is 4.79 Å². The van der Waals surface area contributed by atoms with E-state index in [1.807, 2.05) is 18.2 Å². The van der Waals surface area contributed by atoms with Crippen molar-refractivity contribution in [3.8, 4) is 0 Å². The number of nitrogens with one attached hydrogen (secondary N) is 1. The van der Waals surface area contributed by atoms with E-state index in [1.165, 1.54) is 12.8 Å². The van der Waals surface area contributed by atoms with Gasteiger partial charge in [0.2, 0.25) is 5.91 Å². The van der Waals surface area contributed by atoms with Crippen LogP contribution in [0.25, 0.3) is 0 Å². The van der Waals surface area contributed by atoms with Crippen molar-refractivity contribution in [2.24, 2.45) is 0 Å². The van der Waals surface area contributed by atoms with Crippen LogP contribution >= 0.6 is 0 Å². The molecule has 0 spiro atoms. The van der Waals surface area contributed by atoms with Gasteiger partial charge in [-0.25, -0.2) is 0 Å². The third-order valence-corrected chi connectivity index (χ3v) is 3.44. The summed E-state index contributed by atoms with van der Waals surface area (Å²) < 4.78 is 0. The fourth-order valence-electron chi connectivity index (χ4n) is 2.18. The summed E-state index contributed by atoms with van der Waals surface area (Å²) in [5.74, 6) is 0.0286. The molecule has 19 heavy (non-hydrogen) atoms. The van der Waals surface area contributed by atoms with E-state index in [2.05, 4.69) is 17.1 Å². The second kappa shape index (κ2) is 6.57. The Balaban J connectivity index is 1.87. The minimum atomic E-state index is 0.0286. The number of amides is 1. The van der Waals surface area contributed by atoms with Gasteiger partial charge in [-0.2, -0.15) is 0 Å². The fraction of sp³-hybridized carbons (Fsp3) is 0.533. The predicted molar refractivity (Wildman–Crippen MR) is 79.0 cm³/mol. The Morgan fingerprint density at radius 3 is 2.79 bits per heavy atom. The van der Waals surface area contributed by atoms with Crippen LogP contribution in [-0.4, -0.2) is 29.9 Å². The molecular formula is C15H23N3O. The van der Waals surface area contributed by atoms with Crippen LogP contribution in [0.15, 0.2) is 24.3 Å². The maximum absolute atomic E-state index is 12.1. The number of carbonyl (C=O) groups excluding carboxylic acids is 1. The first kappa shape index (κ1) is 13.9. The molecule has 0 atom stereocenters. The lowest BCUT2D eigenvalue weighted by molar-refractivity contribution is -0.117. The van der Waals surface area contributed by atoms with Crippen LogP contribution < -0.4 is 11.1 Å². The van der Waals surface area contributed by atoms with Crippen LogP contribution in [0.4, 0.5) is 11.4 Å². The zero-order valence-corrected chi connectivity index (χ0v) is 11.6. The summed E-state index contributed by atoms with van der Waals surface area (Å²) >= 11 is 0. The van der Waals surface area contributed by atoms with Crippen molar-refractivity contribution < 1.29 is 4.79 Å². The highest BCUT2D eigenvalue weighted by atomic mass is 16.2. The average molecular weight is 261 g/mol. The molecule has 0 aliphatic heterocycles. The van der Waals surface area contributed by atoms with Gasteiger partial charge in [0.1, 0.15) is 0 Å². The molecule has 1 saturated carbocycles. The highest BCUT2D eigenvalue weighted by Crippen LogP contribution is 2.27. The number of carbonyl (C=O) groups is 1. The fourth-order valence-corrected chi connectivity index (χ4v) is 2.18. The number of nitrogens with zero attached hydrogens (tertiary/aromatic N) is 1. The van der Waals surface area contributed by atoms with E-state index in [0.717, 1.165) is 19.4 Å². The van der Waals surface area contributed by atoms with Crippen molar-refractivity contribution >= 4 is 17.3 Å². The number of para-hydroxylation sites is 2. The summed E-state index contributed by atoms with van der Waals surface area (Å²) in [6.07, 6.45) is 4.77. The van der Waals surface area contributed by atoms with Crippen molar-refractivity contribution in [2.45, 2.75) is 38.6 Å². The van der Waals surface area contributed by atoms with Crippen molar-refractivity contribution in [3.05, 3.63) is 24.3 Å². The van der Waals surface area contributed by atoms with Crippen LogP contribution in [0.5, 0.6) is 0 Å². The SMILES string of the molecule is CCCCN(CC(=O)Nc1ccccc1N)C1CC1. The smallest absolute Gasteiger partial charge is 0.238 e. The highest BCUT2D eigenvalue weighted by molar-refractivity contribution is 5.95. The third kappa shape index (κ3) is 4.24. The van der Waals surface area contributed by atoms with Crippen molar-refractivity contribution in [1.82, 2.24) is 4.90 Å². The van der Waals surface area contributed by atoms with Gasteiger partial charge in [-0.1, -0.05) is 25.5 Å². The van der Waals surface area contributed by atoms with Crippen LogP contribution in [0, 0.1) is 0 Å².